The van der Waals surface area contributed by atoms with Crippen molar-refractivity contribution in [1.29, 1.82) is 0 Å². The van der Waals surface area contributed by atoms with Crippen LogP contribution in [-0.2, 0) is 6.42 Å². The molecule has 3 rings (SSSR count). The van der Waals surface area contributed by atoms with Crippen LogP contribution in [-0.4, -0.2) is 24.2 Å². The van der Waals surface area contributed by atoms with Crippen LogP contribution in [0.15, 0.2) is 78.9 Å². The zero-order valence-corrected chi connectivity index (χ0v) is 20.6. The van der Waals surface area contributed by atoms with E-state index in [0.29, 0.717) is 30.4 Å². The number of hydrogen-bond donors (Lipinski definition) is 2. The molecule has 0 fully saturated rings. The normalized spacial score (nSPS) is 10.6. The highest BCUT2D eigenvalue weighted by atomic mass is 32.1. The Morgan fingerprint density at radius 1 is 0.882 bits per heavy atom. The van der Waals surface area contributed by atoms with E-state index in [-0.39, 0.29) is 11.0 Å². The minimum absolute atomic E-state index is 0.229. The molecule has 0 aliphatic rings. The fraction of sp³-hybridized carbons (Fsp3) is 0.286. The predicted molar refractivity (Wildman–Crippen MR) is 142 cm³/mol. The lowest BCUT2D eigenvalue weighted by atomic mass is 10.1. The number of aryl methyl sites for hydroxylation is 1. The van der Waals surface area contributed by atoms with E-state index in [0.717, 1.165) is 30.7 Å². The van der Waals surface area contributed by atoms with E-state index in [9.17, 15) is 4.79 Å². The van der Waals surface area contributed by atoms with E-state index in [1.807, 2.05) is 36.4 Å². The molecule has 3 aromatic carbocycles. The van der Waals surface area contributed by atoms with Gasteiger partial charge in [-0.05, 0) is 85.4 Å². The Kier molecular flexibility index (Phi) is 9.92. The van der Waals surface area contributed by atoms with E-state index < -0.39 is 0 Å². The second-order valence-electron chi connectivity index (χ2n) is 8.43. The van der Waals surface area contributed by atoms with Gasteiger partial charge < -0.3 is 14.8 Å². The van der Waals surface area contributed by atoms with Crippen LogP contribution < -0.4 is 20.1 Å². The van der Waals surface area contributed by atoms with E-state index in [1.54, 1.807) is 18.2 Å². The Bertz CT molecular complexity index is 1050. The molecular weight excluding hydrogens is 444 g/mol. The Balaban J connectivity index is 1.41. The van der Waals surface area contributed by atoms with Crippen molar-refractivity contribution in [1.82, 2.24) is 5.32 Å². The fourth-order valence-electron chi connectivity index (χ4n) is 3.22. The molecule has 0 bridgehead atoms. The number of nitrogens with one attached hydrogen (secondary N) is 2. The summed E-state index contributed by atoms with van der Waals surface area (Å²) in [6.07, 6.45) is 2.90. The van der Waals surface area contributed by atoms with Gasteiger partial charge in [0.05, 0.1) is 13.2 Å². The molecule has 0 aliphatic carbocycles. The summed E-state index contributed by atoms with van der Waals surface area (Å²) in [6.45, 7) is 5.57. The lowest BCUT2D eigenvalue weighted by molar-refractivity contribution is 0.0977. The molecule has 5 nitrogen and oxygen atoms in total. The van der Waals surface area contributed by atoms with Crippen LogP contribution in [0, 0.1) is 5.92 Å². The number of anilines is 1. The zero-order chi connectivity index (χ0) is 24.2. The summed E-state index contributed by atoms with van der Waals surface area (Å²) < 4.78 is 11.6. The van der Waals surface area contributed by atoms with Crippen molar-refractivity contribution in [2.75, 3.05) is 18.5 Å². The number of rotatable bonds is 11. The molecular formula is C28H32N2O3S. The van der Waals surface area contributed by atoms with E-state index in [4.69, 9.17) is 21.7 Å². The third kappa shape index (κ3) is 8.87. The molecule has 0 aromatic heterocycles. The number of benzene rings is 3. The van der Waals surface area contributed by atoms with Crippen LogP contribution in [0.4, 0.5) is 5.69 Å². The lowest BCUT2D eigenvalue weighted by Gasteiger charge is -2.12. The molecule has 0 heterocycles. The summed E-state index contributed by atoms with van der Waals surface area (Å²) in [6, 6.07) is 25.0. The minimum atomic E-state index is -0.287. The quantitative estimate of drug-likeness (QED) is 0.253. The van der Waals surface area contributed by atoms with Crippen molar-refractivity contribution in [3.05, 3.63) is 90.0 Å². The third-order valence-corrected chi connectivity index (χ3v) is 5.32. The van der Waals surface area contributed by atoms with Crippen molar-refractivity contribution < 1.29 is 14.3 Å². The van der Waals surface area contributed by atoms with Gasteiger partial charge in [-0.25, -0.2) is 0 Å². The summed E-state index contributed by atoms with van der Waals surface area (Å²) in [7, 11) is 0. The molecule has 6 heteroatoms. The van der Waals surface area contributed by atoms with Gasteiger partial charge in [0, 0.05) is 11.3 Å². The van der Waals surface area contributed by atoms with E-state index >= 15 is 0 Å². The molecule has 0 aliphatic heterocycles. The Hall–Kier alpha value is -3.38. The molecule has 0 radical (unpaired) electrons. The van der Waals surface area contributed by atoms with Crippen LogP contribution >= 0.6 is 12.2 Å². The van der Waals surface area contributed by atoms with Gasteiger partial charge in [-0.1, -0.05) is 50.2 Å². The van der Waals surface area contributed by atoms with Crippen molar-refractivity contribution in [3.63, 3.8) is 0 Å². The molecule has 0 atom stereocenters. The maximum atomic E-state index is 12.6. The zero-order valence-electron chi connectivity index (χ0n) is 19.8. The van der Waals surface area contributed by atoms with E-state index in [2.05, 4.69) is 48.7 Å². The van der Waals surface area contributed by atoms with Crippen LogP contribution in [0.3, 0.4) is 0 Å². The van der Waals surface area contributed by atoms with Gasteiger partial charge in [-0.15, -0.1) is 0 Å². The van der Waals surface area contributed by atoms with Crippen LogP contribution in [0.25, 0.3) is 0 Å². The highest BCUT2D eigenvalue weighted by Gasteiger charge is 2.09. The molecule has 1 amide bonds. The molecule has 34 heavy (non-hydrogen) atoms. The second kappa shape index (κ2) is 13.4. The highest BCUT2D eigenvalue weighted by Crippen LogP contribution is 2.17. The topological polar surface area (TPSA) is 59.6 Å². The van der Waals surface area contributed by atoms with Crippen LogP contribution in [0.1, 0.15) is 42.6 Å². The maximum Gasteiger partial charge on any atom is 0.257 e. The first-order valence-corrected chi connectivity index (χ1v) is 12.0. The number of carbonyl (C=O) groups is 1. The largest absolute Gasteiger partial charge is 0.494 e. The van der Waals surface area contributed by atoms with Crippen LogP contribution in [0.2, 0.25) is 0 Å². The van der Waals surface area contributed by atoms with Crippen molar-refractivity contribution >= 4 is 28.9 Å². The average molecular weight is 477 g/mol. The summed E-state index contributed by atoms with van der Waals surface area (Å²) in [5.74, 6) is 1.75. The molecule has 0 saturated carbocycles. The molecule has 178 valence electrons. The average Bonchev–Trinajstić information content (AvgIpc) is 2.83. The smallest absolute Gasteiger partial charge is 0.257 e. The first-order valence-electron chi connectivity index (χ1n) is 11.6. The Morgan fingerprint density at radius 3 is 2.35 bits per heavy atom. The van der Waals surface area contributed by atoms with Gasteiger partial charge in [0.2, 0.25) is 0 Å². The summed E-state index contributed by atoms with van der Waals surface area (Å²) >= 11 is 5.30. The highest BCUT2D eigenvalue weighted by molar-refractivity contribution is 7.80. The monoisotopic (exact) mass is 476 g/mol. The van der Waals surface area contributed by atoms with Gasteiger partial charge in [0.15, 0.2) is 5.11 Å². The van der Waals surface area contributed by atoms with Crippen molar-refractivity contribution in [2.24, 2.45) is 5.92 Å². The SMILES string of the molecule is CC(C)CCOc1cccc(C(=O)NC(=S)Nc2ccc(OCCCc3ccccc3)cc2)c1. The minimum Gasteiger partial charge on any atom is -0.494 e. The molecule has 2 N–H and O–H groups in total. The molecule has 3 aromatic rings. The van der Waals surface area contributed by atoms with Crippen molar-refractivity contribution in [3.8, 4) is 11.5 Å². The molecule has 0 saturated heterocycles. The number of carbonyl (C=O) groups excluding carboxylic acids is 1. The van der Waals surface area contributed by atoms with E-state index in [1.165, 1.54) is 5.56 Å². The van der Waals surface area contributed by atoms with Crippen molar-refractivity contribution in [2.45, 2.75) is 33.1 Å². The number of hydrogen-bond acceptors (Lipinski definition) is 4. The lowest BCUT2D eigenvalue weighted by Crippen LogP contribution is -2.34. The maximum absolute atomic E-state index is 12.6. The molecule has 0 spiro atoms. The van der Waals surface area contributed by atoms with Gasteiger partial charge in [0.25, 0.3) is 5.91 Å². The predicted octanol–water partition coefficient (Wildman–Crippen LogP) is 6.25. The number of amides is 1. The summed E-state index contributed by atoms with van der Waals surface area (Å²) in [5, 5.41) is 5.97. The second-order valence-corrected chi connectivity index (χ2v) is 8.84. The van der Waals surface area contributed by atoms with Crippen LogP contribution in [0.5, 0.6) is 11.5 Å². The third-order valence-electron chi connectivity index (χ3n) is 5.12. The summed E-state index contributed by atoms with van der Waals surface area (Å²) in [5.41, 5.74) is 2.57. The number of thiocarbonyl (C=S) groups is 1. The summed E-state index contributed by atoms with van der Waals surface area (Å²) in [4.78, 5) is 12.6. The Labute approximate surface area is 207 Å². The first-order chi connectivity index (χ1) is 16.5. The Morgan fingerprint density at radius 2 is 1.62 bits per heavy atom. The first kappa shape index (κ1) is 25.2. The standard InChI is InChI=1S/C28H32N2O3S/c1-21(2)17-19-33-26-12-6-11-23(20-26)27(31)30-28(34)29-24-13-15-25(16-14-24)32-18-7-10-22-8-4-3-5-9-22/h3-6,8-9,11-16,20-21H,7,10,17-19H2,1-2H3,(H2,29,30,31,34). The van der Waals surface area contributed by atoms with Gasteiger partial charge >= 0.3 is 0 Å². The van der Waals surface area contributed by atoms with Gasteiger partial charge in [-0.2, -0.15) is 0 Å². The number of ether oxygens (including phenoxy) is 2. The fourth-order valence-corrected chi connectivity index (χ4v) is 3.43. The molecule has 0 unspecified atom stereocenters. The van der Waals surface area contributed by atoms with Gasteiger partial charge in [0.1, 0.15) is 11.5 Å². The van der Waals surface area contributed by atoms with Gasteiger partial charge in [-0.3, -0.25) is 10.1 Å².